The molecule has 4 N–H and O–H groups in total. The first-order valence-electron chi connectivity index (χ1n) is 6.36. The van der Waals surface area contributed by atoms with Crippen molar-refractivity contribution in [1.29, 1.82) is 0 Å². The fourth-order valence-electron chi connectivity index (χ4n) is 2.51. The van der Waals surface area contributed by atoms with Gasteiger partial charge in [0.1, 0.15) is 19.6 Å². The maximum atomic E-state index is 12.4. The molecule has 7 nitrogen and oxygen atoms in total. The normalized spacial score (nSPS) is 26.4. The van der Waals surface area contributed by atoms with Gasteiger partial charge in [0.2, 0.25) is 0 Å². The number of rotatable bonds is 5. The lowest BCUT2D eigenvalue weighted by atomic mass is 9.88. The van der Waals surface area contributed by atoms with Gasteiger partial charge in [-0.05, 0) is 18.6 Å². The van der Waals surface area contributed by atoms with E-state index in [9.17, 15) is 24.4 Å². The number of aliphatic carboxylic acids is 2. The Morgan fingerprint density at radius 3 is 2.52 bits per heavy atom. The van der Waals surface area contributed by atoms with E-state index in [4.69, 9.17) is 5.11 Å². The van der Waals surface area contributed by atoms with Crippen LogP contribution in [0.25, 0.3) is 0 Å². The topological polar surface area (TPSA) is 124 Å². The van der Waals surface area contributed by atoms with Crippen molar-refractivity contribution in [3.8, 4) is 5.75 Å². The van der Waals surface area contributed by atoms with Crippen LogP contribution in [-0.4, -0.2) is 46.0 Å². The Balaban J connectivity index is 2.22. The van der Waals surface area contributed by atoms with Crippen LogP contribution in [0.15, 0.2) is 24.3 Å². The number of hydrogen-bond acceptors (Lipinski definition) is 5. The summed E-state index contributed by atoms with van der Waals surface area (Å²) in [4.78, 5) is 22.5. The lowest BCUT2D eigenvalue weighted by molar-refractivity contribution is -0.146. The minimum absolute atomic E-state index is 0.0523. The third-order valence-electron chi connectivity index (χ3n) is 3.74. The second kappa shape index (κ2) is 5.87. The summed E-state index contributed by atoms with van der Waals surface area (Å²) >= 11 is 0. The van der Waals surface area contributed by atoms with Gasteiger partial charge in [-0.15, -0.1) is 0 Å². The van der Waals surface area contributed by atoms with Crippen LogP contribution in [0.3, 0.4) is 0 Å². The van der Waals surface area contributed by atoms with Crippen LogP contribution in [0.1, 0.15) is 6.42 Å². The minimum atomic E-state index is -2.54. The van der Waals surface area contributed by atoms with Gasteiger partial charge in [-0.1, -0.05) is 12.1 Å². The fraction of sp³-hybridized carbons (Fsp3) is 0.385. The SMILES string of the molecule is O=C(O)C1CC(C[PH](=O)c2ccccc2O)(C(=O)O)CN1. The quantitative estimate of drug-likeness (QED) is 0.568. The van der Waals surface area contributed by atoms with Gasteiger partial charge >= 0.3 is 11.9 Å². The van der Waals surface area contributed by atoms with Gasteiger partial charge in [-0.3, -0.25) is 9.59 Å². The molecular formula is C13H16NO6P. The van der Waals surface area contributed by atoms with Crippen molar-refractivity contribution in [2.45, 2.75) is 12.5 Å². The zero-order chi connectivity index (χ0) is 15.6. The summed E-state index contributed by atoms with van der Waals surface area (Å²) in [6.07, 6.45) is -0.303. The van der Waals surface area contributed by atoms with Gasteiger partial charge in [0.15, 0.2) is 0 Å². The summed E-state index contributed by atoms with van der Waals surface area (Å²) in [5.74, 6) is -2.43. The van der Waals surface area contributed by atoms with Crippen LogP contribution >= 0.6 is 7.80 Å². The van der Waals surface area contributed by atoms with Gasteiger partial charge in [0.05, 0.1) is 10.7 Å². The molecule has 21 heavy (non-hydrogen) atoms. The molecule has 3 unspecified atom stereocenters. The molecule has 1 aliphatic rings. The highest BCUT2D eigenvalue weighted by Gasteiger charge is 2.48. The van der Waals surface area contributed by atoms with E-state index in [0.717, 1.165) is 0 Å². The second-order valence-corrected chi connectivity index (χ2v) is 6.92. The number of carboxylic acids is 2. The molecular weight excluding hydrogens is 297 g/mol. The Hall–Kier alpha value is -1.85. The average Bonchev–Trinajstić information content (AvgIpc) is 2.85. The molecule has 0 aromatic heterocycles. The molecule has 1 aromatic rings. The van der Waals surface area contributed by atoms with Crippen LogP contribution in [0, 0.1) is 5.41 Å². The zero-order valence-electron chi connectivity index (χ0n) is 11.1. The smallest absolute Gasteiger partial charge is 0.320 e. The van der Waals surface area contributed by atoms with E-state index in [0.29, 0.717) is 0 Å². The number of nitrogens with one attached hydrogen (secondary N) is 1. The first-order chi connectivity index (χ1) is 9.85. The van der Waals surface area contributed by atoms with Crippen molar-refractivity contribution in [2.75, 3.05) is 12.7 Å². The number of aromatic hydroxyl groups is 1. The average molecular weight is 313 g/mol. The van der Waals surface area contributed by atoms with E-state index in [1.54, 1.807) is 12.1 Å². The van der Waals surface area contributed by atoms with Crippen LogP contribution < -0.4 is 10.6 Å². The Bertz CT molecular complexity index is 604. The van der Waals surface area contributed by atoms with E-state index in [1.165, 1.54) is 12.1 Å². The number of carbonyl (C=O) groups is 2. The van der Waals surface area contributed by atoms with Crippen molar-refractivity contribution in [3.63, 3.8) is 0 Å². The van der Waals surface area contributed by atoms with E-state index in [1.807, 2.05) is 0 Å². The van der Waals surface area contributed by atoms with E-state index < -0.39 is 31.2 Å². The first kappa shape index (κ1) is 15.5. The summed E-state index contributed by atoms with van der Waals surface area (Å²) in [6, 6.07) is 5.11. The molecule has 1 aromatic carbocycles. The molecule has 0 amide bonds. The lowest BCUT2D eigenvalue weighted by Crippen LogP contribution is -2.36. The van der Waals surface area contributed by atoms with Gasteiger partial charge in [-0.2, -0.15) is 0 Å². The molecule has 0 aliphatic carbocycles. The Morgan fingerprint density at radius 2 is 2.00 bits per heavy atom. The van der Waals surface area contributed by atoms with Crippen LogP contribution in [-0.2, 0) is 14.2 Å². The van der Waals surface area contributed by atoms with Gasteiger partial charge in [0, 0.05) is 12.7 Å². The molecule has 0 spiro atoms. The van der Waals surface area contributed by atoms with Gasteiger partial charge in [0.25, 0.3) is 0 Å². The maximum absolute atomic E-state index is 12.4. The minimum Gasteiger partial charge on any atom is -0.507 e. The van der Waals surface area contributed by atoms with Gasteiger partial charge in [-0.25, -0.2) is 0 Å². The first-order valence-corrected chi connectivity index (χ1v) is 7.98. The van der Waals surface area contributed by atoms with E-state index in [2.05, 4.69) is 5.32 Å². The molecule has 0 bridgehead atoms. The molecule has 8 heteroatoms. The Morgan fingerprint density at radius 1 is 1.33 bits per heavy atom. The number of phenols is 1. The Kier molecular flexibility index (Phi) is 4.34. The van der Waals surface area contributed by atoms with Crippen LogP contribution in [0.4, 0.5) is 0 Å². The van der Waals surface area contributed by atoms with Crippen molar-refractivity contribution >= 4 is 25.0 Å². The van der Waals surface area contributed by atoms with Crippen LogP contribution in [0.5, 0.6) is 5.75 Å². The molecule has 0 saturated carbocycles. The lowest BCUT2D eigenvalue weighted by Gasteiger charge is -2.22. The van der Waals surface area contributed by atoms with E-state index >= 15 is 0 Å². The molecule has 1 saturated heterocycles. The molecule has 0 radical (unpaired) electrons. The number of para-hydroxylation sites is 1. The summed E-state index contributed by atoms with van der Waals surface area (Å²) in [5, 5.41) is 30.9. The molecule has 1 aliphatic heterocycles. The predicted octanol–water partition coefficient (Wildman–Crippen LogP) is 0.0947. The van der Waals surface area contributed by atoms with Crippen LogP contribution in [0.2, 0.25) is 0 Å². The summed E-state index contributed by atoms with van der Waals surface area (Å²) in [6.45, 7) is -0.0523. The third-order valence-corrected chi connectivity index (χ3v) is 5.76. The monoisotopic (exact) mass is 313 g/mol. The highest BCUT2D eigenvalue weighted by atomic mass is 31.1. The number of carboxylic acid groups (broad SMARTS) is 2. The summed E-state index contributed by atoms with van der Waals surface area (Å²) in [5.41, 5.74) is -1.39. The van der Waals surface area contributed by atoms with E-state index in [-0.39, 0.29) is 30.2 Å². The van der Waals surface area contributed by atoms with Crippen molar-refractivity contribution in [3.05, 3.63) is 24.3 Å². The molecule has 2 rings (SSSR count). The van der Waals surface area contributed by atoms with Crippen molar-refractivity contribution in [2.24, 2.45) is 5.41 Å². The fourth-order valence-corrected chi connectivity index (χ4v) is 4.39. The Labute approximate surface area is 121 Å². The number of benzene rings is 1. The second-order valence-electron chi connectivity index (χ2n) is 5.18. The maximum Gasteiger partial charge on any atom is 0.320 e. The van der Waals surface area contributed by atoms with Crippen molar-refractivity contribution in [1.82, 2.24) is 5.32 Å². The largest absolute Gasteiger partial charge is 0.507 e. The summed E-state index contributed by atoms with van der Waals surface area (Å²) in [7, 11) is -2.54. The highest BCUT2D eigenvalue weighted by molar-refractivity contribution is 7.53. The number of hydrogen-bond donors (Lipinski definition) is 4. The van der Waals surface area contributed by atoms with Gasteiger partial charge < -0.3 is 25.2 Å². The van der Waals surface area contributed by atoms with Crippen molar-refractivity contribution < 1.29 is 29.5 Å². The zero-order valence-corrected chi connectivity index (χ0v) is 12.1. The molecule has 114 valence electrons. The number of phenolic OH excluding ortho intramolecular Hbond substituents is 1. The molecule has 1 heterocycles. The summed E-state index contributed by atoms with van der Waals surface area (Å²) < 4.78 is 12.4. The third kappa shape index (κ3) is 3.09. The predicted molar refractivity (Wildman–Crippen MR) is 75.7 cm³/mol. The highest BCUT2D eigenvalue weighted by Crippen LogP contribution is 2.39. The standard InChI is InChI=1S/C13H16NO6P/c15-9-3-1-2-4-10(9)21(20)7-13(12(18)19)5-8(11(16)17)14-6-13/h1-4,8,14-15,21H,5-7H2,(H,16,17)(H,18,19). The molecule has 1 fully saturated rings. The molecule has 3 atom stereocenters.